The van der Waals surface area contributed by atoms with Crippen LogP contribution in [-0.4, -0.2) is 15.9 Å². The normalized spacial score (nSPS) is 10.5. The molecule has 1 aromatic carbocycles. The van der Waals surface area contributed by atoms with Crippen LogP contribution >= 0.6 is 0 Å². The quantitative estimate of drug-likeness (QED) is 0.817. The van der Waals surface area contributed by atoms with Crippen LogP contribution in [0.1, 0.15) is 18.4 Å². The molecule has 5 heteroatoms. The van der Waals surface area contributed by atoms with Gasteiger partial charge in [0.25, 0.3) is 0 Å². The minimum Gasteiger partial charge on any atom is -0.339 e. The Hall–Kier alpha value is -2.04. The Labute approximate surface area is 97.5 Å². The number of ketones is 1. The number of benzene rings is 1. The summed E-state index contributed by atoms with van der Waals surface area (Å²) in [5, 5.41) is 3.72. The molecule has 88 valence electrons. The van der Waals surface area contributed by atoms with Gasteiger partial charge in [-0.25, -0.2) is 4.39 Å². The minimum atomic E-state index is -0.349. The fraction of sp³-hybridized carbons (Fsp3) is 0.250. The van der Waals surface area contributed by atoms with Crippen molar-refractivity contribution in [3.8, 4) is 11.4 Å². The van der Waals surface area contributed by atoms with E-state index in [9.17, 15) is 9.18 Å². The van der Waals surface area contributed by atoms with Gasteiger partial charge in [-0.2, -0.15) is 4.98 Å². The van der Waals surface area contributed by atoms with Crippen LogP contribution in [0.15, 0.2) is 22.7 Å². The number of carbonyl (C=O) groups excluding carboxylic acids is 1. The first-order valence-electron chi connectivity index (χ1n) is 5.14. The Bertz CT molecular complexity index is 543. The van der Waals surface area contributed by atoms with E-state index in [-0.39, 0.29) is 23.9 Å². The van der Waals surface area contributed by atoms with Crippen LogP contribution in [0.3, 0.4) is 0 Å². The third-order valence-electron chi connectivity index (χ3n) is 2.17. The average molecular weight is 234 g/mol. The van der Waals surface area contributed by atoms with Crippen molar-refractivity contribution in [3.05, 3.63) is 35.5 Å². The molecular weight excluding hydrogens is 223 g/mol. The van der Waals surface area contributed by atoms with Gasteiger partial charge in [-0.3, -0.25) is 4.79 Å². The standard InChI is InChI=1S/C12H11FN2O2/c1-7-3-9(6-10(13)4-7)12-14-11(17-15-12)5-8(2)16/h3-4,6H,5H2,1-2H3. The number of Topliss-reactive ketones (excluding diaryl/α,β-unsaturated/α-hetero) is 1. The number of hydrogen-bond donors (Lipinski definition) is 0. The lowest BCUT2D eigenvalue weighted by Crippen LogP contribution is -1.96. The van der Waals surface area contributed by atoms with Crippen LogP contribution in [0, 0.1) is 12.7 Å². The molecule has 0 aliphatic carbocycles. The van der Waals surface area contributed by atoms with Gasteiger partial charge in [-0.1, -0.05) is 5.16 Å². The summed E-state index contributed by atoms with van der Waals surface area (Å²) in [6.07, 6.45) is 0.0985. The molecule has 0 aliphatic heterocycles. The van der Waals surface area contributed by atoms with Crippen LogP contribution in [0.2, 0.25) is 0 Å². The molecular formula is C12H11FN2O2. The number of halogens is 1. The van der Waals surface area contributed by atoms with Gasteiger partial charge in [0.2, 0.25) is 11.7 Å². The number of hydrogen-bond acceptors (Lipinski definition) is 4. The Balaban J connectivity index is 2.33. The monoisotopic (exact) mass is 234 g/mol. The summed E-state index contributed by atoms with van der Waals surface area (Å²) in [5.74, 6) is 0.131. The Morgan fingerprint density at radius 1 is 1.41 bits per heavy atom. The van der Waals surface area contributed by atoms with Crippen LogP contribution in [-0.2, 0) is 11.2 Å². The highest BCUT2D eigenvalue weighted by Crippen LogP contribution is 2.19. The lowest BCUT2D eigenvalue weighted by Gasteiger charge is -1.97. The summed E-state index contributed by atoms with van der Waals surface area (Å²) in [4.78, 5) is 14.9. The van der Waals surface area contributed by atoms with Crippen LogP contribution in [0.25, 0.3) is 11.4 Å². The summed E-state index contributed by atoms with van der Waals surface area (Å²) in [5.41, 5.74) is 1.32. The highest BCUT2D eigenvalue weighted by molar-refractivity contribution is 5.77. The molecule has 0 aliphatic rings. The maximum atomic E-state index is 13.2. The molecule has 0 spiro atoms. The molecule has 0 unspecified atom stereocenters. The fourth-order valence-electron chi connectivity index (χ4n) is 1.52. The lowest BCUT2D eigenvalue weighted by molar-refractivity contribution is -0.116. The van der Waals surface area contributed by atoms with E-state index in [0.29, 0.717) is 11.4 Å². The van der Waals surface area contributed by atoms with E-state index >= 15 is 0 Å². The molecule has 1 heterocycles. The summed E-state index contributed by atoms with van der Waals surface area (Å²) in [6.45, 7) is 3.22. The summed E-state index contributed by atoms with van der Waals surface area (Å²) >= 11 is 0. The van der Waals surface area contributed by atoms with Crippen molar-refractivity contribution >= 4 is 5.78 Å². The third-order valence-corrected chi connectivity index (χ3v) is 2.17. The predicted octanol–water partition coefficient (Wildman–Crippen LogP) is 2.32. The van der Waals surface area contributed by atoms with Crippen LogP contribution < -0.4 is 0 Å². The maximum Gasteiger partial charge on any atom is 0.234 e. The molecule has 0 atom stereocenters. The Kier molecular flexibility index (Phi) is 2.99. The molecule has 0 radical (unpaired) electrons. The van der Waals surface area contributed by atoms with Gasteiger partial charge >= 0.3 is 0 Å². The topological polar surface area (TPSA) is 56.0 Å². The maximum absolute atomic E-state index is 13.2. The average Bonchev–Trinajstić information content (AvgIpc) is 2.63. The first kappa shape index (κ1) is 11.4. The van der Waals surface area contributed by atoms with Crippen molar-refractivity contribution in [2.75, 3.05) is 0 Å². The van der Waals surface area contributed by atoms with E-state index in [1.807, 2.05) is 0 Å². The first-order chi connectivity index (χ1) is 8.04. The summed E-state index contributed by atoms with van der Waals surface area (Å²) in [6, 6.07) is 4.50. The lowest BCUT2D eigenvalue weighted by atomic mass is 10.1. The number of nitrogens with zero attached hydrogens (tertiary/aromatic N) is 2. The molecule has 0 saturated heterocycles. The molecule has 0 N–H and O–H groups in total. The molecule has 2 aromatic rings. The Morgan fingerprint density at radius 2 is 2.18 bits per heavy atom. The number of rotatable bonds is 3. The molecule has 17 heavy (non-hydrogen) atoms. The first-order valence-corrected chi connectivity index (χ1v) is 5.14. The minimum absolute atomic E-state index is 0.0596. The van der Waals surface area contributed by atoms with Gasteiger partial charge in [-0.15, -0.1) is 0 Å². The molecule has 0 fully saturated rings. The van der Waals surface area contributed by atoms with Crippen molar-refractivity contribution in [2.24, 2.45) is 0 Å². The number of aryl methyl sites for hydroxylation is 1. The van der Waals surface area contributed by atoms with E-state index in [0.717, 1.165) is 5.56 Å². The third kappa shape index (κ3) is 2.75. The van der Waals surface area contributed by atoms with Crippen molar-refractivity contribution < 1.29 is 13.7 Å². The number of carbonyl (C=O) groups is 1. The van der Waals surface area contributed by atoms with Gasteiger partial charge in [0.1, 0.15) is 11.6 Å². The molecule has 1 aromatic heterocycles. The van der Waals surface area contributed by atoms with Crippen molar-refractivity contribution in [1.82, 2.24) is 10.1 Å². The van der Waals surface area contributed by atoms with Gasteiger partial charge in [-0.05, 0) is 37.6 Å². The zero-order chi connectivity index (χ0) is 12.4. The van der Waals surface area contributed by atoms with E-state index < -0.39 is 0 Å². The van der Waals surface area contributed by atoms with Crippen molar-refractivity contribution in [3.63, 3.8) is 0 Å². The highest BCUT2D eigenvalue weighted by atomic mass is 19.1. The van der Waals surface area contributed by atoms with Gasteiger partial charge in [0, 0.05) is 5.56 Å². The van der Waals surface area contributed by atoms with Crippen molar-refractivity contribution in [2.45, 2.75) is 20.3 Å². The second kappa shape index (κ2) is 4.45. The zero-order valence-corrected chi connectivity index (χ0v) is 9.53. The largest absolute Gasteiger partial charge is 0.339 e. The van der Waals surface area contributed by atoms with E-state index in [2.05, 4.69) is 10.1 Å². The second-order valence-electron chi connectivity index (χ2n) is 3.91. The van der Waals surface area contributed by atoms with Gasteiger partial charge in [0.15, 0.2) is 0 Å². The van der Waals surface area contributed by atoms with Crippen LogP contribution in [0.4, 0.5) is 4.39 Å². The van der Waals surface area contributed by atoms with E-state index in [1.165, 1.54) is 19.1 Å². The van der Waals surface area contributed by atoms with Gasteiger partial charge in [0.05, 0.1) is 6.42 Å². The molecule has 0 amide bonds. The fourth-order valence-corrected chi connectivity index (χ4v) is 1.52. The summed E-state index contributed by atoms with van der Waals surface area (Å²) in [7, 11) is 0. The molecule has 2 rings (SSSR count). The molecule has 0 bridgehead atoms. The zero-order valence-electron chi connectivity index (χ0n) is 9.53. The second-order valence-corrected chi connectivity index (χ2v) is 3.91. The van der Waals surface area contributed by atoms with Crippen LogP contribution in [0.5, 0.6) is 0 Å². The predicted molar refractivity (Wildman–Crippen MR) is 58.8 cm³/mol. The van der Waals surface area contributed by atoms with E-state index in [4.69, 9.17) is 4.52 Å². The van der Waals surface area contributed by atoms with E-state index in [1.54, 1.807) is 13.0 Å². The summed E-state index contributed by atoms with van der Waals surface area (Å²) < 4.78 is 18.1. The molecule has 4 nitrogen and oxygen atoms in total. The van der Waals surface area contributed by atoms with Crippen molar-refractivity contribution in [1.29, 1.82) is 0 Å². The number of aromatic nitrogens is 2. The smallest absolute Gasteiger partial charge is 0.234 e. The highest BCUT2D eigenvalue weighted by Gasteiger charge is 2.11. The Morgan fingerprint density at radius 3 is 2.82 bits per heavy atom. The SMILES string of the molecule is CC(=O)Cc1nc(-c2cc(C)cc(F)c2)no1. The molecule has 0 saturated carbocycles. The van der Waals surface area contributed by atoms with Gasteiger partial charge < -0.3 is 4.52 Å².